The lowest BCUT2D eigenvalue weighted by atomic mass is 10.1. The van der Waals surface area contributed by atoms with Gasteiger partial charge in [-0.15, -0.1) is 0 Å². The lowest BCUT2D eigenvalue weighted by molar-refractivity contribution is 0.0983. The first-order chi connectivity index (χ1) is 11.5. The summed E-state index contributed by atoms with van der Waals surface area (Å²) in [7, 11) is 0. The first kappa shape index (κ1) is 17.7. The minimum Gasteiger partial charge on any atom is -0.338 e. The minimum atomic E-state index is -0.237. The second-order valence-electron chi connectivity index (χ2n) is 5.96. The average Bonchev–Trinajstić information content (AvgIpc) is 2.57. The molecule has 0 bridgehead atoms. The molecule has 2 rings (SSSR count). The Bertz CT molecular complexity index is 676. The standard InChI is InChI=1S/C20H24N2O2/c1-15-3-7-17(8-4-15)11-13-21-20(24)22-14-12-19(23)18-9-5-16(2)6-10-18/h3-10H,11-14H2,1-2H3,(H2,21,22,24). The second-order valence-corrected chi connectivity index (χ2v) is 5.96. The molecule has 0 saturated heterocycles. The summed E-state index contributed by atoms with van der Waals surface area (Å²) >= 11 is 0. The summed E-state index contributed by atoms with van der Waals surface area (Å²) in [5.41, 5.74) is 4.22. The number of carbonyl (C=O) groups excluding carboxylic acids is 2. The van der Waals surface area contributed by atoms with E-state index in [2.05, 4.69) is 34.9 Å². The summed E-state index contributed by atoms with van der Waals surface area (Å²) in [5.74, 6) is 0.0370. The molecule has 2 aromatic carbocycles. The van der Waals surface area contributed by atoms with Crippen molar-refractivity contribution in [2.75, 3.05) is 13.1 Å². The van der Waals surface area contributed by atoms with Gasteiger partial charge in [-0.2, -0.15) is 0 Å². The Labute approximate surface area is 143 Å². The third-order valence-electron chi connectivity index (χ3n) is 3.83. The van der Waals surface area contributed by atoms with Crippen molar-refractivity contribution in [2.45, 2.75) is 26.7 Å². The number of rotatable bonds is 7. The van der Waals surface area contributed by atoms with Crippen molar-refractivity contribution >= 4 is 11.8 Å². The van der Waals surface area contributed by atoms with Crippen LogP contribution in [-0.2, 0) is 6.42 Å². The summed E-state index contributed by atoms with van der Waals surface area (Å²) in [6.45, 7) is 4.94. The number of hydrogen-bond acceptors (Lipinski definition) is 2. The molecule has 0 saturated carbocycles. The Morgan fingerprint density at radius 2 is 1.33 bits per heavy atom. The van der Waals surface area contributed by atoms with Crippen LogP contribution in [0.15, 0.2) is 48.5 Å². The molecule has 2 amide bonds. The molecule has 0 unspecified atom stereocenters. The molecule has 0 aliphatic carbocycles. The molecule has 0 atom stereocenters. The number of hydrogen-bond donors (Lipinski definition) is 2. The van der Waals surface area contributed by atoms with Gasteiger partial charge in [-0.1, -0.05) is 59.7 Å². The maximum atomic E-state index is 12.0. The van der Waals surface area contributed by atoms with Crippen molar-refractivity contribution in [1.82, 2.24) is 10.6 Å². The molecule has 0 radical (unpaired) electrons. The van der Waals surface area contributed by atoms with Gasteiger partial charge in [-0.3, -0.25) is 4.79 Å². The Balaban J connectivity index is 1.63. The van der Waals surface area contributed by atoms with E-state index < -0.39 is 0 Å². The monoisotopic (exact) mass is 324 g/mol. The highest BCUT2D eigenvalue weighted by atomic mass is 16.2. The summed E-state index contributed by atoms with van der Waals surface area (Å²) in [5, 5.41) is 5.52. The average molecular weight is 324 g/mol. The molecule has 0 spiro atoms. The summed E-state index contributed by atoms with van der Waals surface area (Å²) in [6.07, 6.45) is 1.09. The van der Waals surface area contributed by atoms with Crippen molar-refractivity contribution in [1.29, 1.82) is 0 Å². The third kappa shape index (κ3) is 5.88. The van der Waals surface area contributed by atoms with E-state index in [1.54, 1.807) is 0 Å². The molecule has 0 fully saturated rings. The van der Waals surface area contributed by atoms with Crippen molar-refractivity contribution in [2.24, 2.45) is 0 Å². The molecule has 24 heavy (non-hydrogen) atoms. The molecule has 0 aromatic heterocycles. The fraction of sp³-hybridized carbons (Fsp3) is 0.300. The lowest BCUT2D eigenvalue weighted by Crippen LogP contribution is -2.37. The van der Waals surface area contributed by atoms with Crippen LogP contribution in [0.1, 0.15) is 33.5 Å². The predicted molar refractivity (Wildman–Crippen MR) is 96.4 cm³/mol. The van der Waals surface area contributed by atoms with Crippen molar-refractivity contribution in [3.05, 3.63) is 70.8 Å². The number of nitrogens with one attached hydrogen (secondary N) is 2. The highest BCUT2D eigenvalue weighted by Crippen LogP contribution is 2.06. The number of carbonyl (C=O) groups is 2. The van der Waals surface area contributed by atoms with Gasteiger partial charge in [0, 0.05) is 25.1 Å². The Kier molecular flexibility index (Phi) is 6.55. The van der Waals surface area contributed by atoms with Gasteiger partial charge < -0.3 is 10.6 Å². The normalized spacial score (nSPS) is 10.2. The molecule has 2 N–H and O–H groups in total. The zero-order chi connectivity index (χ0) is 17.4. The minimum absolute atomic E-state index is 0.0370. The van der Waals surface area contributed by atoms with Crippen LogP contribution in [0.3, 0.4) is 0 Å². The lowest BCUT2D eigenvalue weighted by Gasteiger charge is -2.08. The highest BCUT2D eigenvalue weighted by molar-refractivity contribution is 5.96. The fourth-order valence-corrected chi connectivity index (χ4v) is 2.31. The summed E-state index contributed by atoms with van der Waals surface area (Å²) in [6, 6.07) is 15.5. The van der Waals surface area contributed by atoms with Crippen LogP contribution in [0, 0.1) is 13.8 Å². The van der Waals surface area contributed by atoms with E-state index in [0.717, 1.165) is 12.0 Å². The molecule has 2 aromatic rings. The number of ketones is 1. The molecule has 0 aliphatic heterocycles. The number of aryl methyl sites for hydroxylation is 2. The number of benzene rings is 2. The van der Waals surface area contributed by atoms with Crippen molar-refractivity contribution in [3.63, 3.8) is 0 Å². The summed E-state index contributed by atoms with van der Waals surface area (Å²) in [4.78, 5) is 23.7. The van der Waals surface area contributed by atoms with Crippen LogP contribution < -0.4 is 10.6 Å². The molecule has 0 heterocycles. The topological polar surface area (TPSA) is 58.2 Å². The van der Waals surface area contributed by atoms with Gasteiger partial charge in [0.25, 0.3) is 0 Å². The SMILES string of the molecule is Cc1ccc(CCNC(=O)NCCC(=O)c2ccc(C)cc2)cc1. The van der Waals surface area contributed by atoms with Crippen LogP contribution in [0.2, 0.25) is 0 Å². The largest absolute Gasteiger partial charge is 0.338 e. The van der Waals surface area contributed by atoms with E-state index >= 15 is 0 Å². The maximum Gasteiger partial charge on any atom is 0.314 e. The van der Waals surface area contributed by atoms with E-state index in [4.69, 9.17) is 0 Å². The zero-order valence-corrected chi connectivity index (χ0v) is 14.3. The van der Waals surface area contributed by atoms with Gasteiger partial charge >= 0.3 is 6.03 Å². The van der Waals surface area contributed by atoms with E-state index in [9.17, 15) is 9.59 Å². The van der Waals surface area contributed by atoms with Gasteiger partial charge in [-0.05, 0) is 25.8 Å². The molecule has 4 nitrogen and oxygen atoms in total. The van der Waals surface area contributed by atoms with Crippen LogP contribution in [0.5, 0.6) is 0 Å². The predicted octanol–water partition coefficient (Wildman–Crippen LogP) is 3.42. The molecular weight excluding hydrogens is 300 g/mol. The van der Waals surface area contributed by atoms with E-state index in [-0.39, 0.29) is 11.8 Å². The van der Waals surface area contributed by atoms with Crippen LogP contribution in [0.4, 0.5) is 4.79 Å². The van der Waals surface area contributed by atoms with E-state index in [1.165, 1.54) is 11.1 Å². The Hall–Kier alpha value is -2.62. The van der Waals surface area contributed by atoms with Gasteiger partial charge in [0.1, 0.15) is 0 Å². The Morgan fingerprint density at radius 3 is 1.96 bits per heavy atom. The highest BCUT2D eigenvalue weighted by Gasteiger charge is 2.06. The van der Waals surface area contributed by atoms with Crippen LogP contribution in [0.25, 0.3) is 0 Å². The van der Waals surface area contributed by atoms with E-state index in [0.29, 0.717) is 25.1 Å². The van der Waals surface area contributed by atoms with Crippen molar-refractivity contribution < 1.29 is 9.59 Å². The quantitative estimate of drug-likeness (QED) is 0.767. The molecular formula is C20H24N2O2. The molecule has 4 heteroatoms. The third-order valence-corrected chi connectivity index (χ3v) is 3.83. The van der Waals surface area contributed by atoms with Gasteiger partial charge in [0.05, 0.1) is 0 Å². The summed E-state index contributed by atoms with van der Waals surface area (Å²) < 4.78 is 0. The van der Waals surface area contributed by atoms with Crippen LogP contribution in [-0.4, -0.2) is 24.9 Å². The van der Waals surface area contributed by atoms with E-state index in [1.807, 2.05) is 38.1 Å². The van der Waals surface area contributed by atoms with Gasteiger partial charge in [0.15, 0.2) is 5.78 Å². The number of urea groups is 1. The van der Waals surface area contributed by atoms with Gasteiger partial charge in [0.2, 0.25) is 0 Å². The maximum absolute atomic E-state index is 12.0. The molecule has 0 aliphatic rings. The van der Waals surface area contributed by atoms with Crippen LogP contribution >= 0.6 is 0 Å². The zero-order valence-electron chi connectivity index (χ0n) is 14.3. The first-order valence-electron chi connectivity index (χ1n) is 8.22. The van der Waals surface area contributed by atoms with Crippen molar-refractivity contribution in [3.8, 4) is 0 Å². The smallest absolute Gasteiger partial charge is 0.314 e. The first-order valence-corrected chi connectivity index (χ1v) is 8.22. The number of Topliss-reactive ketones (excluding diaryl/α,β-unsaturated/α-hetero) is 1. The second kappa shape index (κ2) is 8.87. The molecule has 126 valence electrons. The number of amides is 2. The Morgan fingerprint density at radius 1 is 0.792 bits per heavy atom. The van der Waals surface area contributed by atoms with Gasteiger partial charge in [-0.25, -0.2) is 4.79 Å². The fourth-order valence-electron chi connectivity index (χ4n) is 2.31.